The molecule has 2 aliphatic carbocycles. The molecule has 1 fully saturated rings. The van der Waals surface area contributed by atoms with E-state index in [9.17, 15) is 45.8 Å². The van der Waals surface area contributed by atoms with E-state index in [0.29, 0.717) is 17.8 Å². The van der Waals surface area contributed by atoms with Gasteiger partial charge in [0, 0.05) is 47.6 Å². The fourth-order valence-corrected chi connectivity index (χ4v) is 6.96. The Labute approximate surface area is 325 Å². The number of hydrogen-bond donors (Lipinski definition) is 3. The standard InChI is InChI=1S/C43H40F6N4O4/c1-4-5-6-17-50-32-22-33(51-40(56)26-9-13-28(14-10-26)42(44,45)46)30(20-24(32)2)36-38(54)37(39(36)55)31-21-25(3)35(53-18-7-8-19-53)23-34(31)52-41(57)27-11-15-29(16-12-27)43(47,48)49/h9-16,20-23,54H,4-8,17-19H2,1-3H3,(H,51,56)(H,52,57)/b36-30-,50-32?. The lowest BCUT2D eigenvalue weighted by Crippen LogP contribution is -2.31. The highest BCUT2D eigenvalue weighted by atomic mass is 19.4. The first-order valence-electron chi connectivity index (χ1n) is 18.5. The van der Waals surface area contributed by atoms with E-state index in [1.807, 2.05) is 6.92 Å². The number of alkyl halides is 6. The number of nitrogens with one attached hydrogen (secondary N) is 2. The fourth-order valence-electron chi connectivity index (χ4n) is 6.96. The van der Waals surface area contributed by atoms with Crippen molar-refractivity contribution < 1.29 is 45.8 Å². The molecule has 298 valence electrons. The summed E-state index contributed by atoms with van der Waals surface area (Å²) in [5.74, 6) is -2.55. The van der Waals surface area contributed by atoms with E-state index in [-0.39, 0.29) is 44.8 Å². The Kier molecular flexibility index (Phi) is 11.6. The Morgan fingerprint density at radius 3 is 1.88 bits per heavy atom. The van der Waals surface area contributed by atoms with Crippen molar-refractivity contribution in [1.82, 2.24) is 5.32 Å². The average molecular weight is 791 g/mol. The normalized spacial score (nSPS) is 18.1. The molecule has 3 aliphatic rings. The predicted octanol–water partition coefficient (Wildman–Crippen LogP) is 9.94. The quantitative estimate of drug-likeness (QED) is 0.108. The Morgan fingerprint density at radius 2 is 1.35 bits per heavy atom. The van der Waals surface area contributed by atoms with Crippen molar-refractivity contribution in [3.63, 3.8) is 0 Å². The molecule has 0 spiro atoms. The highest BCUT2D eigenvalue weighted by Crippen LogP contribution is 2.45. The van der Waals surface area contributed by atoms with Crippen LogP contribution in [0.4, 0.5) is 37.7 Å². The number of aliphatic hydroxyl groups is 1. The van der Waals surface area contributed by atoms with Crippen LogP contribution in [0.5, 0.6) is 0 Å². The zero-order chi connectivity index (χ0) is 41.2. The number of aliphatic hydroxyl groups excluding tert-OH is 1. The van der Waals surface area contributed by atoms with Gasteiger partial charge in [0.1, 0.15) is 5.76 Å². The lowest BCUT2D eigenvalue weighted by atomic mass is 9.77. The van der Waals surface area contributed by atoms with Crippen molar-refractivity contribution in [1.29, 1.82) is 0 Å². The summed E-state index contributed by atoms with van der Waals surface area (Å²) in [5, 5.41) is 17.1. The van der Waals surface area contributed by atoms with Gasteiger partial charge in [-0.3, -0.25) is 19.4 Å². The molecule has 0 aromatic heterocycles. The minimum Gasteiger partial charge on any atom is -0.506 e. The fraction of sp³-hybridized carbons (Fsp3) is 0.302. The number of hydrogen-bond acceptors (Lipinski definition) is 6. The van der Waals surface area contributed by atoms with Crippen LogP contribution in [0, 0.1) is 6.92 Å². The van der Waals surface area contributed by atoms with Crippen molar-refractivity contribution >= 4 is 40.3 Å². The van der Waals surface area contributed by atoms with Gasteiger partial charge in [0.2, 0.25) is 5.78 Å². The summed E-state index contributed by atoms with van der Waals surface area (Å²) < 4.78 is 79.3. The van der Waals surface area contributed by atoms with E-state index in [2.05, 4.69) is 27.4 Å². The van der Waals surface area contributed by atoms with Gasteiger partial charge in [-0.05, 0) is 117 Å². The van der Waals surface area contributed by atoms with E-state index in [1.165, 1.54) is 0 Å². The lowest BCUT2D eigenvalue weighted by Gasteiger charge is -2.29. The molecule has 3 aromatic rings. The molecule has 0 atom stereocenters. The molecule has 1 heterocycles. The SMILES string of the molecule is CCCCCN=C1C=C(NC(=O)c2ccc(C(F)(F)F)cc2)/C(=C2\C(=O)C(c3cc(C)c(N4CCCC4)cc3NC(=O)c3ccc(C(F)(F)F)cc3)=C2O)C=C1C. The number of benzene rings is 3. The third kappa shape index (κ3) is 8.74. The second kappa shape index (κ2) is 16.3. The van der Waals surface area contributed by atoms with Crippen LogP contribution in [0.2, 0.25) is 0 Å². The Morgan fingerprint density at radius 1 is 0.789 bits per heavy atom. The van der Waals surface area contributed by atoms with Crippen LogP contribution in [-0.2, 0) is 17.1 Å². The molecule has 3 aromatic carbocycles. The molecule has 0 saturated carbocycles. The van der Waals surface area contributed by atoms with Crippen molar-refractivity contribution in [2.24, 2.45) is 4.99 Å². The molecule has 1 aliphatic heterocycles. The maximum Gasteiger partial charge on any atom is 0.416 e. The molecule has 0 unspecified atom stereocenters. The third-order valence-electron chi connectivity index (χ3n) is 10.1. The lowest BCUT2D eigenvalue weighted by molar-refractivity contribution is -0.138. The molecular formula is C43H40F6N4O4. The van der Waals surface area contributed by atoms with Crippen molar-refractivity contribution in [3.8, 4) is 0 Å². The van der Waals surface area contributed by atoms with Gasteiger partial charge in [-0.25, -0.2) is 0 Å². The van der Waals surface area contributed by atoms with Gasteiger partial charge in [-0.2, -0.15) is 26.3 Å². The number of allylic oxidation sites excluding steroid dienone is 5. The maximum atomic E-state index is 14.2. The molecular weight excluding hydrogens is 750 g/mol. The van der Waals surface area contributed by atoms with Crippen LogP contribution in [0.1, 0.15) is 88.9 Å². The van der Waals surface area contributed by atoms with Gasteiger partial charge in [-0.15, -0.1) is 0 Å². The summed E-state index contributed by atoms with van der Waals surface area (Å²) in [4.78, 5) is 47.9. The molecule has 1 saturated heterocycles. The van der Waals surface area contributed by atoms with Gasteiger partial charge < -0.3 is 20.6 Å². The van der Waals surface area contributed by atoms with E-state index in [4.69, 9.17) is 0 Å². The number of carbonyl (C=O) groups excluding carboxylic acids is 3. The number of unbranched alkanes of at least 4 members (excludes halogenated alkanes) is 2. The van der Waals surface area contributed by atoms with E-state index >= 15 is 0 Å². The molecule has 14 heteroatoms. The monoisotopic (exact) mass is 790 g/mol. The van der Waals surface area contributed by atoms with E-state index < -0.39 is 46.8 Å². The Hall–Kier alpha value is -5.92. The molecule has 0 radical (unpaired) electrons. The number of ketones is 1. The predicted molar refractivity (Wildman–Crippen MR) is 206 cm³/mol. The number of carbonyl (C=O) groups is 3. The number of Topliss-reactive ketones (excluding diaryl/α,β-unsaturated/α-hetero) is 1. The van der Waals surface area contributed by atoms with Crippen LogP contribution < -0.4 is 15.5 Å². The first-order chi connectivity index (χ1) is 27.0. The zero-order valence-electron chi connectivity index (χ0n) is 31.4. The van der Waals surface area contributed by atoms with E-state index in [0.717, 1.165) is 105 Å². The van der Waals surface area contributed by atoms with Crippen LogP contribution >= 0.6 is 0 Å². The first kappa shape index (κ1) is 40.7. The summed E-state index contributed by atoms with van der Waals surface area (Å²) in [6.07, 6.45) is -1.45. The number of anilines is 2. The van der Waals surface area contributed by atoms with Gasteiger partial charge in [0.05, 0.1) is 39.4 Å². The van der Waals surface area contributed by atoms with Gasteiger partial charge in [0.15, 0.2) is 0 Å². The number of nitrogens with zero attached hydrogens (tertiary/aromatic N) is 2. The number of aliphatic imine (C=N–C) groups is 1. The largest absolute Gasteiger partial charge is 0.506 e. The van der Waals surface area contributed by atoms with Crippen LogP contribution in [0.3, 0.4) is 0 Å². The van der Waals surface area contributed by atoms with E-state index in [1.54, 1.807) is 31.2 Å². The number of halogens is 6. The number of amides is 2. The van der Waals surface area contributed by atoms with Crippen molar-refractivity contribution in [2.75, 3.05) is 29.9 Å². The molecule has 8 nitrogen and oxygen atoms in total. The highest BCUT2D eigenvalue weighted by Gasteiger charge is 2.40. The average Bonchev–Trinajstić information content (AvgIpc) is 3.70. The van der Waals surface area contributed by atoms with Gasteiger partial charge in [0.25, 0.3) is 11.8 Å². The summed E-state index contributed by atoms with van der Waals surface area (Å²) >= 11 is 0. The van der Waals surface area contributed by atoms with Crippen LogP contribution in [0.15, 0.2) is 106 Å². The first-order valence-corrected chi connectivity index (χ1v) is 18.5. The van der Waals surface area contributed by atoms with Crippen LogP contribution in [-0.4, -0.2) is 48.1 Å². The summed E-state index contributed by atoms with van der Waals surface area (Å²) in [6.45, 7) is 7.61. The minimum atomic E-state index is -4.60. The second-order valence-corrected chi connectivity index (χ2v) is 14.1. The van der Waals surface area contributed by atoms with Crippen molar-refractivity contribution in [2.45, 2.75) is 65.2 Å². The van der Waals surface area contributed by atoms with Gasteiger partial charge in [-0.1, -0.05) is 19.8 Å². The van der Waals surface area contributed by atoms with Crippen LogP contribution in [0.25, 0.3) is 5.57 Å². The number of rotatable bonds is 10. The Balaban J connectivity index is 1.40. The molecule has 6 rings (SSSR count). The minimum absolute atomic E-state index is 0.0632. The summed E-state index contributed by atoms with van der Waals surface area (Å²) in [6, 6.07) is 10.7. The Bertz CT molecular complexity index is 2260. The molecule has 2 amide bonds. The molecule has 0 bridgehead atoms. The zero-order valence-corrected chi connectivity index (χ0v) is 31.4. The molecule has 3 N–H and O–H groups in total. The maximum absolute atomic E-state index is 14.2. The summed E-state index contributed by atoms with van der Waals surface area (Å²) in [5.41, 5.74) is 0.949. The topological polar surface area (TPSA) is 111 Å². The molecule has 57 heavy (non-hydrogen) atoms. The van der Waals surface area contributed by atoms with Crippen molar-refractivity contribution in [3.05, 3.63) is 134 Å². The summed E-state index contributed by atoms with van der Waals surface area (Å²) in [7, 11) is 0. The highest BCUT2D eigenvalue weighted by molar-refractivity contribution is 6.40. The smallest absolute Gasteiger partial charge is 0.416 e. The number of aryl methyl sites for hydroxylation is 1. The van der Waals surface area contributed by atoms with Gasteiger partial charge >= 0.3 is 12.4 Å². The third-order valence-corrected chi connectivity index (χ3v) is 10.1. The second-order valence-electron chi connectivity index (χ2n) is 14.1.